The van der Waals surface area contributed by atoms with E-state index in [4.69, 9.17) is 18.0 Å². The van der Waals surface area contributed by atoms with Crippen LogP contribution in [0.2, 0.25) is 5.02 Å². The first-order valence-corrected chi connectivity index (χ1v) is 3.64. The molecule has 1 aromatic rings. The van der Waals surface area contributed by atoms with Gasteiger partial charge in [-0.2, -0.15) is 0 Å². The third kappa shape index (κ3) is 2.18. The Morgan fingerprint density at radius 1 is 1.45 bits per heavy atom. The summed E-state index contributed by atoms with van der Waals surface area (Å²) < 4.78 is 0. The number of anilines is 1. The molecule has 0 bridgehead atoms. The molecule has 0 unspecified atom stereocenters. The van der Waals surface area contributed by atoms with Crippen molar-refractivity contribution < 1.29 is 0 Å². The van der Waals surface area contributed by atoms with Gasteiger partial charge < -0.3 is 5.32 Å². The summed E-state index contributed by atoms with van der Waals surface area (Å²) in [6.45, 7) is 0.504. The van der Waals surface area contributed by atoms with E-state index in [1.165, 1.54) is 0 Å². The summed E-state index contributed by atoms with van der Waals surface area (Å²) in [5, 5.41) is 3.69. The lowest BCUT2D eigenvalue weighted by atomic mass is 10.3. The summed E-state index contributed by atoms with van der Waals surface area (Å²) in [5.41, 5.74) is 0.882. The summed E-state index contributed by atoms with van der Waals surface area (Å²) >= 11 is 5.83. The van der Waals surface area contributed by atoms with Gasteiger partial charge in [-0.05, 0) is 12.1 Å². The zero-order valence-electron chi connectivity index (χ0n) is 5.97. The predicted octanol–water partition coefficient (Wildman–Crippen LogP) is 2.39. The number of benzene rings is 1. The summed E-state index contributed by atoms with van der Waals surface area (Å²) in [6.07, 6.45) is 5.07. The summed E-state index contributed by atoms with van der Waals surface area (Å²) in [7, 11) is 0. The Kier molecular flexibility index (Phi) is 2.83. The zero-order valence-corrected chi connectivity index (χ0v) is 6.73. The molecule has 0 aliphatic carbocycles. The second-order valence-corrected chi connectivity index (χ2v) is 2.44. The quantitative estimate of drug-likeness (QED) is 0.664. The largest absolute Gasteiger partial charge is 0.373 e. The lowest BCUT2D eigenvalue weighted by Gasteiger charge is -2.02. The van der Waals surface area contributed by atoms with Crippen molar-refractivity contribution in [3.8, 4) is 12.3 Å². The third-order valence-corrected chi connectivity index (χ3v) is 1.58. The highest BCUT2D eigenvalue weighted by Crippen LogP contribution is 2.19. The van der Waals surface area contributed by atoms with Crippen LogP contribution in [0.5, 0.6) is 0 Å². The fourth-order valence-electron chi connectivity index (χ4n) is 0.751. The van der Waals surface area contributed by atoms with Crippen molar-refractivity contribution in [2.45, 2.75) is 0 Å². The molecule has 56 valence electrons. The molecule has 0 aromatic heterocycles. The maximum Gasteiger partial charge on any atom is 0.0763 e. The van der Waals surface area contributed by atoms with Crippen molar-refractivity contribution in [1.29, 1.82) is 0 Å². The molecule has 0 saturated heterocycles. The van der Waals surface area contributed by atoms with Gasteiger partial charge in [-0.3, -0.25) is 0 Å². The summed E-state index contributed by atoms with van der Waals surface area (Å²) in [5.74, 6) is 2.47. The van der Waals surface area contributed by atoms with Crippen molar-refractivity contribution in [2.24, 2.45) is 0 Å². The first kappa shape index (κ1) is 7.97. The van der Waals surface area contributed by atoms with Gasteiger partial charge in [-0.1, -0.05) is 29.7 Å². The van der Waals surface area contributed by atoms with E-state index in [1.54, 1.807) is 0 Å². The Labute approximate surface area is 71.4 Å². The van der Waals surface area contributed by atoms with Crippen molar-refractivity contribution in [3.63, 3.8) is 0 Å². The predicted molar refractivity (Wildman–Crippen MR) is 48.8 cm³/mol. The fraction of sp³-hybridized carbons (Fsp3) is 0.111. The zero-order chi connectivity index (χ0) is 8.10. The van der Waals surface area contributed by atoms with Gasteiger partial charge >= 0.3 is 0 Å². The van der Waals surface area contributed by atoms with Crippen LogP contribution in [0.3, 0.4) is 0 Å². The van der Waals surface area contributed by atoms with E-state index in [2.05, 4.69) is 11.2 Å². The van der Waals surface area contributed by atoms with Crippen LogP contribution in [0.1, 0.15) is 0 Å². The fourth-order valence-corrected chi connectivity index (χ4v) is 0.953. The Morgan fingerprint density at radius 3 is 2.82 bits per heavy atom. The third-order valence-electron chi connectivity index (χ3n) is 1.25. The van der Waals surface area contributed by atoms with E-state index in [0.29, 0.717) is 11.6 Å². The molecule has 0 atom stereocenters. The van der Waals surface area contributed by atoms with Crippen molar-refractivity contribution in [3.05, 3.63) is 29.3 Å². The second-order valence-electron chi connectivity index (χ2n) is 2.04. The molecular formula is C9H8ClN. The molecule has 2 heteroatoms. The Hall–Kier alpha value is -1.13. The molecule has 0 saturated carbocycles. The average Bonchev–Trinajstić information content (AvgIpc) is 2.03. The Morgan fingerprint density at radius 2 is 2.18 bits per heavy atom. The van der Waals surface area contributed by atoms with Crippen molar-refractivity contribution in [2.75, 3.05) is 11.9 Å². The number of halogens is 1. The minimum absolute atomic E-state index is 0.504. The number of hydrogen-bond acceptors (Lipinski definition) is 1. The monoisotopic (exact) mass is 165 g/mol. The molecule has 0 fully saturated rings. The van der Waals surface area contributed by atoms with Crippen LogP contribution in [0.4, 0.5) is 5.69 Å². The van der Waals surface area contributed by atoms with E-state index < -0.39 is 0 Å². The van der Waals surface area contributed by atoms with Gasteiger partial charge in [0.05, 0.1) is 17.3 Å². The molecule has 0 amide bonds. The number of hydrogen-bond donors (Lipinski definition) is 1. The minimum Gasteiger partial charge on any atom is -0.373 e. The molecule has 0 spiro atoms. The Bertz CT molecular complexity index is 275. The number of terminal acetylenes is 1. The lowest BCUT2D eigenvalue weighted by molar-refractivity contribution is 1.38. The van der Waals surface area contributed by atoms with Gasteiger partial charge in [0.15, 0.2) is 0 Å². The highest BCUT2D eigenvalue weighted by atomic mass is 35.5. The molecule has 1 N–H and O–H groups in total. The molecule has 1 nitrogen and oxygen atoms in total. The van der Waals surface area contributed by atoms with Crippen LogP contribution in [0, 0.1) is 12.3 Å². The molecular weight excluding hydrogens is 158 g/mol. The molecule has 0 heterocycles. The maximum atomic E-state index is 5.83. The highest BCUT2D eigenvalue weighted by molar-refractivity contribution is 6.33. The highest BCUT2D eigenvalue weighted by Gasteiger charge is 1.93. The number of rotatable bonds is 2. The molecule has 1 rings (SSSR count). The first-order chi connectivity index (χ1) is 5.34. The minimum atomic E-state index is 0.504. The second kappa shape index (κ2) is 3.90. The molecule has 1 aromatic carbocycles. The molecule has 0 aliphatic rings. The average molecular weight is 166 g/mol. The van der Waals surface area contributed by atoms with E-state index in [1.807, 2.05) is 24.3 Å². The van der Waals surface area contributed by atoms with E-state index in [0.717, 1.165) is 5.69 Å². The van der Waals surface area contributed by atoms with Crippen LogP contribution in [-0.4, -0.2) is 6.54 Å². The van der Waals surface area contributed by atoms with Crippen LogP contribution in [-0.2, 0) is 0 Å². The summed E-state index contributed by atoms with van der Waals surface area (Å²) in [6, 6.07) is 7.49. The number of para-hydroxylation sites is 1. The standard InChI is InChI=1S/C9H8ClN/c1-2-7-11-9-6-4-3-5-8(9)10/h1,3-6,11H,7H2. The van der Waals surface area contributed by atoms with Crippen LogP contribution < -0.4 is 5.32 Å². The van der Waals surface area contributed by atoms with Gasteiger partial charge in [0.2, 0.25) is 0 Å². The van der Waals surface area contributed by atoms with Gasteiger partial charge in [-0.15, -0.1) is 6.42 Å². The Balaban J connectivity index is 2.71. The first-order valence-electron chi connectivity index (χ1n) is 3.26. The maximum absolute atomic E-state index is 5.83. The van der Waals surface area contributed by atoms with Crippen LogP contribution in [0.15, 0.2) is 24.3 Å². The van der Waals surface area contributed by atoms with E-state index >= 15 is 0 Å². The van der Waals surface area contributed by atoms with Crippen molar-refractivity contribution >= 4 is 17.3 Å². The normalized spacial score (nSPS) is 8.73. The topological polar surface area (TPSA) is 12.0 Å². The smallest absolute Gasteiger partial charge is 0.0763 e. The molecule has 11 heavy (non-hydrogen) atoms. The SMILES string of the molecule is C#CCNc1ccccc1Cl. The van der Waals surface area contributed by atoms with E-state index in [-0.39, 0.29) is 0 Å². The van der Waals surface area contributed by atoms with Crippen LogP contribution >= 0.6 is 11.6 Å². The van der Waals surface area contributed by atoms with Crippen molar-refractivity contribution in [1.82, 2.24) is 0 Å². The summed E-state index contributed by atoms with van der Waals surface area (Å²) in [4.78, 5) is 0. The molecule has 0 radical (unpaired) electrons. The molecule has 0 aliphatic heterocycles. The van der Waals surface area contributed by atoms with Gasteiger partial charge in [-0.25, -0.2) is 0 Å². The van der Waals surface area contributed by atoms with E-state index in [9.17, 15) is 0 Å². The van der Waals surface area contributed by atoms with Gasteiger partial charge in [0.1, 0.15) is 0 Å². The number of nitrogens with one attached hydrogen (secondary N) is 1. The van der Waals surface area contributed by atoms with Gasteiger partial charge in [0.25, 0.3) is 0 Å². The van der Waals surface area contributed by atoms with Gasteiger partial charge in [0, 0.05) is 0 Å². The lowest BCUT2D eigenvalue weighted by Crippen LogP contribution is -1.97. The van der Waals surface area contributed by atoms with Crippen LogP contribution in [0.25, 0.3) is 0 Å².